The molecule has 0 unspecified atom stereocenters. The third-order valence-corrected chi connectivity index (χ3v) is 11.3. The topological polar surface area (TPSA) is 65.0 Å². The van der Waals surface area contributed by atoms with E-state index in [2.05, 4.69) is 140 Å². The Bertz CT molecular complexity index is 3550. The van der Waals surface area contributed by atoms with E-state index in [0.717, 1.165) is 116 Å². The van der Waals surface area contributed by atoms with Crippen molar-refractivity contribution >= 4 is 65.6 Å². The lowest BCUT2D eigenvalue weighted by Crippen LogP contribution is -1.96. The highest BCUT2D eigenvalue weighted by atomic mass is 16.3. The van der Waals surface area contributed by atoms with E-state index < -0.39 is 0 Å². The van der Waals surface area contributed by atoms with Gasteiger partial charge in [0.25, 0.3) is 0 Å². The van der Waals surface area contributed by atoms with Crippen molar-refractivity contribution < 1.29 is 8.83 Å². The average Bonchev–Trinajstić information content (AvgIpc) is 3.87. The van der Waals surface area contributed by atoms with E-state index in [1.54, 1.807) is 0 Å². The highest BCUT2D eigenvalue weighted by molar-refractivity contribution is 6.28. The number of hydrogen-bond donors (Lipinski definition) is 0. The maximum Gasteiger partial charge on any atom is 0.160 e. The summed E-state index contributed by atoms with van der Waals surface area (Å²) in [6.45, 7) is 0. The predicted molar refractivity (Wildman–Crippen MR) is 237 cm³/mol. The summed E-state index contributed by atoms with van der Waals surface area (Å²) in [6, 6.07) is 64.9. The van der Waals surface area contributed by atoms with E-state index in [-0.39, 0.29) is 0 Å². The maximum absolute atomic E-state index is 6.52. The Kier molecular flexibility index (Phi) is 7.16. The molecule has 58 heavy (non-hydrogen) atoms. The van der Waals surface area contributed by atoms with Crippen LogP contribution < -0.4 is 0 Å². The summed E-state index contributed by atoms with van der Waals surface area (Å²) >= 11 is 0. The Balaban J connectivity index is 0.977. The molecule has 0 bridgehead atoms. The largest absolute Gasteiger partial charge is 0.456 e. The number of nitrogens with zero attached hydrogens (tertiary/aromatic N) is 3. The van der Waals surface area contributed by atoms with Crippen LogP contribution in [0.1, 0.15) is 0 Å². The van der Waals surface area contributed by atoms with Gasteiger partial charge in [-0.2, -0.15) is 0 Å². The van der Waals surface area contributed by atoms with Gasteiger partial charge in [0.15, 0.2) is 5.82 Å². The molecule has 5 nitrogen and oxygen atoms in total. The molecule has 0 saturated heterocycles. The summed E-state index contributed by atoms with van der Waals surface area (Å²) in [5.74, 6) is 0.644. The lowest BCUT2D eigenvalue weighted by Gasteiger charge is -2.11. The molecule has 0 spiro atoms. The minimum absolute atomic E-state index is 0.644. The fourth-order valence-corrected chi connectivity index (χ4v) is 8.48. The minimum Gasteiger partial charge on any atom is -0.456 e. The highest BCUT2D eigenvalue weighted by Gasteiger charge is 2.19. The van der Waals surface area contributed by atoms with Gasteiger partial charge in [0.1, 0.15) is 22.3 Å². The normalized spacial score (nSPS) is 11.8. The summed E-state index contributed by atoms with van der Waals surface area (Å²) in [5.41, 5.74) is 13.3. The van der Waals surface area contributed by atoms with E-state index in [1.165, 1.54) is 0 Å². The van der Waals surface area contributed by atoms with Crippen LogP contribution in [0, 0.1) is 0 Å². The predicted octanol–water partition coefficient (Wildman–Crippen LogP) is 14.3. The fourth-order valence-electron chi connectivity index (χ4n) is 8.48. The Hall–Kier alpha value is -7.89. The molecule has 0 radical (unpaired) electrons. The molecule has 4 aromatic heterocycles. The smallest absolute Gasteiger partial charge is 0.160 e. The number of fused-ring (bicyclic) bond motifs is 10. The first-order valence-corrected chi connectivity index (χ1v) is 19.4. The molecular formula is C53H31N3O2. The van der Waals surface area contributed by atoms with Crippen LogP contribution in [0.5, 0.6) is 0 Å². The second-order valence-electron chi connectivity index (χ2n) is 14.7. The quantitative estimate of drug-likeness (QED) is 0.164. The molecule has 0 aliphatic heterocycles. The second-order valence-corrected chi connectivity index (χ2v) is 14.7. The van der Waals surface area contributed by atoms with Gasteiger partial charge in [0, 0.05) is 60.0 Å². The van der Waals surface area contributed by atoms with Gasteiger partial charge in [0.2, 0.25) is 0 Å². The van der Waals surface area contributed by atoms with Crippen LogP contribution in [0.4, 0.5) is 0 Å². The number of hydrogen-bond acceptors (Lipinski definition) is 5. The molecule has 12 rings (SSSR count). The standard InChI is InChI=1S/C53H31N3O2/c1-3-11-33(12-4-1)44-31-45(56-53(55-44)37-23-25-39-38-15-8-10-18-46(38)58-49(39)30-37)34-21-19-32(20-22-34)36-24-27-47-42(29-36)51-48(57-47)28-26-41-50(51)40-16-7-9-17-43(40)54-52(41)35-13-5-2-6-14-35/h1-31H. The lowest BCUT2D eigenvalue weighted by atomic mass is 9.95. The summed E-state index contributed by atoms with van der Waals surface area (Å²) in [5, 5.41) is 7.72. The summed E-state index contributed by atoms with van der Waals surface area (Å²) < 4.78 is 12.8. The number of rotatable bonds is 5. The van der Waals surface area contributed by atoms with Crippen LogP contribution in [0.25, 0.3) is 122 Å². The average molecular weight is 742 g/mol. The molecule has 0 atom stereocenters. The number of benzene rings is 8. The van der Waals surface area contributed by atoms with Crippen molar-refractivity contribution in [2.75, 3.05) is 0 Å². The number of pyridine rings is 1. The first kappa shape index (κ1) is 32.4. The Morgan fingerprint density at radius 3 is 1.67 bits per heavy atom. The van der Waals surface area contributed by atoms with Crippen LogP contribution in [0.2, 0.25) is 0 Å². The molecule has 0 fully saturated rings. The Morgan fingerprint density at radius 2 is 0.862 bits per heavy atom. The van der Waals surface area contributed by atoms with E-state index >= 15 is 0 Å². The molecule has 0 amide bonds. The van der Waals surface area contributed by atoms with Gasteiger partial charge in [-0.05, 0) is 65.7 Å². The molecule has 0 aliphatic carbocycles. The molecule has 8 aromatic carbocycles. The molecule has 4 heterocycles. The third-order valence-electron chi connectivity index (χ3n) is 11.3. The lowest BCUT2D eigenvalue weighted by molar-refractivity contribution is 0.668. The van der Waals surface area contributed by atoms with Gasteiger partial charge in [-0.25, -0.2) is 15.0 Å². The Morgan fingerprint density at radius 1 is 0.293 bits per heavy atom. The zero-order chi connectivity index (χ0) is 38.2. The molecule has 0 N–H and O–H groups in total. The van der Waals surface area contributed by atoms with Crippen LogP contribution in [-0.4, -0.2) is 15.0 Å². The van der Waals surface area contributed by atoms with Crippen LogP contribution in [0.15, 0.2) is 197 Å². The van der Waals surface area contributed by atoms with Crippen molar-refractivity contribution in [2.24, 2.45) is 0 Å². The summed E-state index contributed by atoms with van der Waals surface area (Å²) in [6.07, 6.45) is 0. The van der Waals surface area contributed by atoms with Crippen molar-refractivity contribution in [1.82, 2.24) is 15.0 Å². The first-order chi connectivity index (χ1) is 28.7. The van der Waals surface area contributed by atoms with E-state index in [1.807, 2.05) is 48.5 Å². The molecule has 0 aliphatic rings. The minimum atomic E-state index is 0.644. The number of aromatic nitrogens is 3. The second kappa shape index (κ2) is 12.8. The number of para-hydroxylation sites is 2. The van der Waals surface area contributed by atoms with Crippen LogP contribution >= 0.6 is 0 Å². The van der Waals surface area contributed by atoms with Crippen molar-refractivity contribution in [1.29, 1.82) is 0 Å². The first-order valence-electron chi connectivity index (χ1n) is 19.4. The van der Waals surface area contributed by atoms with Crippen LogP contribution in [0.3, 0.4) is 0 Å². The third kappa shape index (κ3) is 5.21. The van der Waals surface area contributed by atoms with Crippen LogP contribution in [-0.2, 0) is 0 Å². The van der Waals surface area contributed by atoms with Gasteiger partial charge in [-0.3, -0.25) is 0 Å². The van der Waals surface area contributed by atoms with Gasteiger partial charge < -0.3 is 8.83 Å². The zero-order valence-corrected chi connectivity index (χ0v) is 31.1. The van der Waals surface area contributed by atoms with Crippen molar-refractivity contribution in [3.05, 3.63) is 188 Å². The molecule has 12 aromatic rings. The van der Waals surface area contributed by atoms with Gasteiger partial charge in [-0.1, -0.05) is 133 Å². The monoisotopic (exact) mass is 741 g/mol. The zero-order valence-electron chi connectivity index (χ0n) is 31.1. The van der Waals surface area contributed by atoms with Gasteiger partial charge in [-0.15, -0.1) is 0 Å². The van der Waals surface area contributed by atoms with Crippen molar-refractivity contribution in [3.63, 3.8) is 0 Å². The van der Waals surface area contributed by atoms with Gasteiger partial charge >= 0.3 is 0 Å². The fraction of sp³-hybridized carbons (Fsp3) is 0. The van der Waals surface area contributed by atoms with E-state index in [4.69, 9.17) is 23.8 Å². The summed E-state index contributed by atoms with van der Waals surface area (Å²) in [4.78, 5) is 15.4. The summed E-state index contributed by atoms with van der Waals surface area (Å²) in [7, 11) is 0. The highest BCUT2D eigenvalue weighted by Crippen LogP contribution is 2.42. The SMILES string of the molecule is c1ccc(-c2cc(-c3ccc(-c4ccc5oc6ccc7c(-c8ccccc8)nc8ccccc8c7c6c5c4)cc3)nc(-c3ccc4c(c3)oc3ccccc34)n2)cc1. The molecule has 5 heteroatoms. The molecular weight excluding hydrogens is 711 g/mol. The van der Waals surface area contributed by atoms with Crippen molar-refractivity contribution in [2.45, 2.75) is 0 Å². The molecule has 270 valence electrons. The molecule has 0 saturated carbocycles. The Labute approximate surface area is 332 Å². The van der Waals surface area contributed by atoms with E-state index in [9.17, 15) is 0 Å². The number of furan rings is 2. The van der Waals surface area contributed by atoms with E-state index in [0.29, 0.717) is 5.82 Å². The van der Waals surface area contributed by atoms with Crippen molar-refractivity contribution in [3.8, 4) is 56.3 Å². The maximum atomic E-state index is 6.52. The van der Waals surface area contributed by atoms with Gasteiger partial charge in [0.05, 0.1) is 22.6 Å².